The number of rotatable bonds is 4. The Balaban J connectivity index is 1.91. The van der Waals surface area contributed by atoms with Crippen LogP contribution in [0.4, 0.5) is 5.82 Å². The van der Waals surface area contributed by atoms with Crippen LogP contribution in [0.25, 0.3) is 0 Å². The van der Waals surface area contributed by atoms with Crippen LogP contribution < -0.4 is 5.32 Å². The molecular formula is C12H19BrN4O. The summed E-state index contributed by atoms with van der Waals surface area (Å²) in [6, 6.07) is 1.89. The number of hydrogen-bond donors (Lipinski definition) is 1. The molecular weight excluding hydrogens is 296 g/mol. The molecule has 2 heterocycles. The molecule has 0 amide bonds. The lowest BCUT2D eigenvalue weighted by Crippen LogP contribution is -2.43. The molecule has 1 saturated heterocycles. The minimum absolute atomic E-state index is 0.225. The second kappa shape index (κ2) is 6.45. The molecule has 1 unspecified atom stereocenters. The number of nitrogens with zero attached hydrogens (tertiary/aromatic N) is 3. The maximum absolute atomic E-state index is 5.70. The van der Waals surface area contributed by atoms with Gasteiger partial charge in [0.05, 0.1) is 12.7 Å². The molecule has 0 radical (unpaired) electrons. The van der Waals surface area contributed by atoms with Crippen molar-refractivity contribution in [1.82, 2.24) is 14.9 Å². The molecule has 2 rings (SSSR count). The Bertz CT molecular complexity index is 402. The first kappa shape index (κ1) is 13.7. The van der Waals surface area contributed by atoms with Crippen LogP contribution in [-0.2, 0) is 11.2 Å². The largest absolute Gasteiger partial charge is 0.374 e. The maximum atomic E-state index is 5.70. The summed E-state index contributed by atoms with van der Waals surface area (Å²) < 4.78 is 6.52. The van der Waals surface area contributed by atoms with Gasteiger partial charge in [0.1, 0.15) is 16.2 Å². The Hall–Kier alpha value is -0.720. The predicted octanol–water partition coefficient (Wildman–Crippen LogP) is 1.54. The molecule has 5 nitrogen and oxygen atoms in total. The maximum Gasteiger partial charge on any atom is 0.131 e. The monoisotopic (exact) mass is 314 g/mol. The van der Waals surface area contributed by atoms with Gasteiger partial charge in [-0.2, -0.15) is 0 Å². The third-order valence-electron chi connectivity index (χ3n) is 2.91. The molecule has 1 atom stereocenters. The second-order valence-corrected chi connectivity index (χ2v) is 5.29. The molecule has 6 heteroatoms. The van der Waals surface area contributed by atoms with Crippen LogP contribution in [0, 0.1) is 0 Å². The van der Waals surface area contributed by atoms with Crippen LogP contribution in [0.2, 0.25) is 0 Å². The predicted molar refractivity (Wildman–Crippen MR) is 74.8 cm³/mol. The minimum atomic E-state index is 0.225. The van der Waals surface area contributed by atoms with E-state index in [0.717, 1.165) is 48.9 Å². The molecule has 0 aliphatic carbocycles. The Morgan fingerprint density at radius 1 is 1.56 bits per heavy atom. The lowest BCUT2D eigenvalue weighted by atomic mass is 10.3. The first-order valence-electron chi connectivity index (χ1n) is 6.25. The fourth-order valence-electron chi connectivity index (χ4n) is 1.92. The van der Waals surface area contributed by atoms with Crippen molar-refractivity contribution in [2.75, 3.05) is 38.6 Å². The van der Waals surface area contributed by atoms with E-state index in [2.05, 4.69) is 43.2 Å². The van der Waals surface area contributed by atoms with Crippen LogP contribution in [0.3, 0.4) is 0 Å². The molecule has 1 fully saturated rings. The van der Waals surface area contributed by atoms with Gasteiger partial charge in [0.25, 0.3) is 0 Å². The number of aromatic nitrogens is 2. The lowest BCUT2D eigenvalue weighted by Gasteiger charge is -2.30. The number of anilines is 1. The normalized spacial score (nSPS) is 20.9. The number of hydrogen-bond acceptors (Lipinski definition) is 5. The van der Waals surface area contributed by atoms with Gasteiger partial charge in [-0.05, 0) is 23.0 Å². The summed E-state index contributed by atoms with van der Waals surface area (Å²) in [6.07, 6.45) is 1.05. The number of ether oxygens (including phenoxy) is 1. The van der Waals surface area contributed by atoms with Crippen LogP contribution in [0.15, 0.2) is 10.7 Å². The average Bonchev–Trinajstić information content (AvgIpc) is 2.36. The molecule has 1 aromatic heterocycles. The highest BCUT2D eigenvalue weighted by Crippen LogP contribution is 2.13. The number of halogens is 1. The average molecular weight is 315 g/mol. The first-order valence-corrected chi connectivity index (χ1v) is 7.04. The topological polar surface area (TPSA) is 50.3 Å². The van der Waals surface area contributed by atoms with Crippen molar-refractivity contribution >= 4 is 21.7 Å². The standard InChI is InChI=1S/C12H19BrN4O/c1-3-11-15-10(13)6-12(16-11)14-7-9-8-17(2)4-5-18-9/h6,9H,3-5,7-8H2,1-2H3,(H,14,15,16). The Morgan fingerprint density at radius 2 is 2.39 bits per heavy atom. The molecule has 0 saturated carbocycles. The molecule has 1 aliphatic heterocycles. The fourth-order valence-corrected chi connectivity index (χ4v) is 2.34. The smallest absolute Gasteiger partial charge is 0.131 e. The lowest BCUT2D eigenvalue weighted by molar-refractivity contribution is -0.0117. The van der Waals surface area contributed by atoms with E-state index in [9.17, 15) is 0 Å². The number of aryl methyl sites for hydroxylation is 1. The van der Waals surface area contributed by atoms with Crippen molar-refractivity contribution in [2.45, 2.75) is 19.4 Å². The highest BCUT2D eigenvalue weighted by molar-refractivity contribution is 9.10. The second-order valence-electron chi connectivity index (χ2n) is 4.48. The van der Waals surface area contributed by atoms with Gasteiger partial charge < -0.3 is 15.0 Å². The van der Waals surface area contributed by atoms with E-state index >= 15 is 0 Å². The molecule has 0 bridgehead atoms. The molecule has 1 aliphatic rings. The van der Waals surface area contributed by atoms with Gasteiger partial charge >= 0.3 is 0 Å². The van der Waals surface area contributed by atoms with E-state index in [1.54, 1.807) is 0 Å². The minimum Gasteiger partial charge on any atom is -0.374 e. The Morgan fingerprint density at radius 3 is 3.11 bits per heavy atom. The highest BCUT2D eigenvalue weighted by atomic mass is 79.9. The van der Waals surface area contributed by atoms with Gasteiger partial charge in [-0.25, -0.2) is 9.97 Å². The van der Waals surface area contributed by atoms with Gasteiger partial charge in [-0.1, -0.05) is 6.92 Å². The summed E-state index contributed by atoms with van der Waals surface area (Å²) in [7, 11) is 2.12. The van der Waals surface area contributed by atoms with E-state index in [1.807, 2.05) is 13.0 Å². The highest BCUT2D eigenvalue weighted by Gasteiger charge is 2.17. The zero-order valence-electron chi connectivity index (χ0n) is 10.8. The Labute approximate surface area is 116 Å². The molecule has 0 aromatic carbocycles. The van der Waals surface area contributed by atoms with Crippen molar-refractivity contribution in [1.29, 1.82) is 0 Å². The molecule has 0 spiro atoms. The van der Waals surface area contributed by atoms with Gasteiger partial charge in [0.15, 0.2) is 0 Å². The Kier molecular flexibility index (Phi) is 4.91. The van der Waals surface area contributed by atoms with Crippen molar-refractivity contribution in [3.8, 4) is 0 Å². The van der Waals surface area contributed by atoms with Gasteiger partial charge in [0, 0.05) is 32.1 Å². The van der Waals surface area contributed by atoms with E-state index in [-0.39, 0.29) is 6.10 Å². The summed E-state index contributed by atoms with van der Waals surface area (Å²) in [5, 5.41) is 3.32. The molecule has 1 aromatic rings. The van der Waals surface area contributed by atoms with Crippen LogP contribution in [-0.4, -0.2) is 54.3 Å². The van der Waals surface area contributed by atoms with Crippen molar-refractivity contribution in [3.63, 3.8) is 0 Å². The van der Waals surface area contributed by atoms with Crippen molar-refractivity contribution in [2.24, 2.45) is 0 Å². The third-order valence-corrected chi connectivity index (χ3v) is 3.32. The van der Waals surface area contributed by atoms with E-state index in [1.165, 1.54) is 0 Å². The number of nitrogens with one attached hydrogen (secondary N) is 1. The summed E-state index contributed by atoms with van der Waals surface area (Å²) in [4.78, 5) is 11.0. The van der Waals surface area contributed by atoms with E-state index in [0.29, 0.717) is 0 Å². The summed E-state index contributed by atoms with van der Waals surface area (Å²) in [6.45, 7) is 5.59. The summed E-state index contributed by atoms with van der Waals surface area (Å²) >= 11 is 3.40. The molecule has 1 N–H and O–H groups in total. The number of likely N-dealkylation sites (N-methyl/N-ethyl adjacent to an activating group) is 1. The van der Waals surface area contributed by atoms with E-state index in [4.69, 9.17) is 4.74 Å². The van der Waals surface area contributed by atoms with Gasteiger partial charge in [-0.15, -0.1) is 0 Å². The zero-order chi connectivity index (χ0) is 13.0. The zero-order valence-corrected chi connectivity index (χ0v) is 12.4. The van der Waals surface area contributed by atoms with Crippen molar-refractivity contribution < 1.29 is 4.74 Å². The van der Waals surface area contributed by atoms with Gasteiger partial charge in [0.2, 0.25) is 0 Å². The van der Waals surface area contributed by atoms with E-state index < -0.39 is 0 Å². The third kappa shape index (κ3) is 3.90. The van der Waals surface area contributed by atoms with Crippen LogP contribution >= 0.6 is 15.9 Å². The molecule has 18 heavy (non-hydrogen) atoms. The fraction of sp³-hybridized carbons (Fsp3) is 0.667. The first-order chi connectivity index (χ1) is 8.67. The van der Waals surface area contributed by atoms with Crippen LogP contribution in [0.5, 0.6) is 0 Å². The van der Waals surface area contributed by atoms with Crippen LogP contribution in [0.1, 0.15) is 12.7 Å². The van der Waals surface area contributed by atoms with Crippen molar-refractivity contribution in [3.05, 3.63) is 16.5 Å². The summed E-state index contributed by atoms with van der Waals surface area (Å²) in [5.74, 6) is 1.69. The molecule has 100 valence electrons. The SMILES string of the molecule is CCc1nc(Br)cc(NCC2CN(C)CCO2)n1. The quantitative estimate of drug-likeness (QED) is 0.854. The number of morpholine rings is 1. The van der Waals surface area contributed by atoms with Gasteiger partial charge in [-0.3, -0.25) is 0 Å². The summed E-state index contributed by atoms with van der Waals surface area (Å²) in [5.41, 5.74) is 0.